The van der Waals surface area contributed by atoms with E-state index >= 15 is 0 Å². The van der Waals surface area contributed by atoms with Gasteiger partial charge in [-0.3, -0.25) is 24.0 Å². The highest BCUT2D eigenvalue weighted by molar-refractivity contribution is 6.31. The summed E-state index contributed by atoms with van der Waals surface area (Å²) in [4.78, 5) is 63.6. The molecule has 234 valence electrons. The Balaban J connectivity index is 1.61. The molecule has 0 spiro atoms. The number of phenolic OH excluding ortho intramolecular Hbond substituents is 2. The van der Waals surface area contributed by atoms with Crippen LogP contribution in [0.15, 0.2) is 18.2 Å². The smallest absolute Gasteiger partial charge is 0.303 e. The van der Waals surface area contributed by atoms with E-state index in [-0.39, 0.29) is 34.4 Å². The number of Topliss-reactive ketones (excluding diaryl/α,β-unsaturated/α-hetero) is 1. The summed E-state index contributed by atoms with van der Waals surface area (Å²) in [5, 5.41) is 34.4. The Morgan fingerprint density at radius 1 is 0.955 bits per heavy atom. The maximum absolute atomic E-state index is 13.8. The minimum atomic E-state index is -2.09. The molecule has 13 heteroatoms. The molecule has 2 aromatic carbocycles. The van der Waals surface area contributed by atoms with Gasteiger partial charge in [-0.1, -0.05) is 12.1 Å². The summed E-state index contributed by atoms with van der Waals surface area (Å²) in [6, 6.07) is 4.37. The van der Waals surface area contributed by atoms with Gasteiger partial charge in [-0.25, -0.2) is 0 Å². The molecule has 0 amide bonds. The Hall–Kier alpha value is -4.33. The van der Waals surface area contributed by atoms with Crippen LogP contribution in [-0.4, -0.2) is 81.9 Å². The summed E-state index contributed by atoms with van der Waals surface area (Å²) in [5.41, 5.74) is -3.45. The lowest BCUT2D eigenvalue weighted by molar-refractivity contribution is -0.272. The molecule has 3 N–H and O–H groups in total. The number of aromatic hydroxyl groups is 2. The first-order chi connectivity index (χ1) is 20.7. The lowest BCUT2D eigenvalue weighted by atomic mass is 9.72. The Morgan fingerprint density at radius 2 is 1.61 bits per heavy atom. The molecule has 3 aliphatic rings. The van der Waals surface area contributed by atoms with Gasteiger partial charge in [-0.2, -0.15) is 0 Å². The predicted octanol–water partition coefficient (Wildman–Crippen LogP) is 2.20. The van der Waals surface area contributed by atoms with Gasteiger partial charge in [-0.15, -0.1) is 0 Å². The largest absolute Gasteiger partial charge is 0.507 e. The van der Waals surface area contributed by atoms with Crippen LogP contribution in [0.3, 0.4) is 0 Å². The van der Waals surface area contributed by atoms with E-state index in [4.69, 9.17) is 23.7 Å². The molecule has 0 aromatic heterocycles. The third-order valence-corrected chi connectivity index (χ3v) is 8.29. The molecule has 0 saturated carbocycles. The van der Waals surface area contributed by atoms with Gasteiger partial charge in [0.2, 0.25) is 5.78 Å². The molecule has 13 nitrogen and oxygen atoms in total. The number of hydrogen-bond donors (Lipinski definition) is 3. The van der Waals surface area contributed by atoms with Crippen LogP contribution in [0.25, 0.3) is 0 Å². The van der Waals surface area contributed by atoms with Gasteiger partial charge < -0.3 is 39.0 Å². The number of ether oxygens (including phenoxy) is 5. The molecule has 44 heavy (non-hydrogen) atoms. The first-order valence-corrected chi connectivity index (χ1v) is 13.9. The highest BCUT2D eigenvalue weighted by Gasteiger charge is 2.50. The topological polar surface area (TPSA) is 192 Å². The van der Waals surface area contributed by atoms with Gasteiger partial charge in [0.05, 0.1) is 36.0 Å². The zero-order valence-electron chi connectivity index (χ0n) is 24.7. The number of hydrogen-bond acceptors (Lipinski definition) is 13. The van der Waals surface area contributed by atoms with Crippen molar-refractivity contribution < 1.29 is 63.0 Å². The van der Waals surface area contributed by atoms with Gasteiger partial charge in [-0.05, 0) is 19.9 Å². The van der Waals surface area contributed by atoms with E-state index in [0.29, 0.717) is 0 Å². The predicted molar refractivity (Wildman–Crippen MR) is 147 cm³/mol. The second-order valence-electron chi connectivity index (χ2n) is 11.2. The first-order valence-electron chi connectivity index (χ1n) is 13.9. The van der Waals surface area contributed by atoms with E-state index in [1.54, 1.807) is 6.92 Å². The Kier molecular flexibility index (Phi) is 7.99. The van der Waals surface area contributed by atoms with Crippen LogP contribution in [0.5, 0.6) is 17.2 Å². The number of benzene rings is 2. The Bertz CT molecular complexity index is 1590. The number of fused-ring (bicyclic) bond motifs is 3. The number of methoxy groups -OCH3 is 1. The summed E-state index contributed by atoms with van der Waals surface area (Å²) in [7, 11) is 1.32. The fraction of sp³-hybridized carbons (Fsp3) is 0.452. The quantitative estimate of drug-likeness (QED) is 0.271. The molecule has 4 unspecified atom stereocenters. The van der Waals surface area contributed by atoms with Crippen molar-refractivity contribution >= 4 is 29.3 Å². The average Bonchev–Trinajstić information content (AvgIpc) is 2.94. The van der Waals surface area contributed by atoms with Crippen LogP contribution in [0.2, 0.25) is 0 Å². The molecule has 5 rings (SSSR count). The minimum Gasteiger partial charge on any atom is -0.507 e. The molecule has 0 bridgehead atoms. The van der Waals surface area contributed by atoms with Crippen molar-refractivity contribution in [2.75, 3.05) is 7.11 Å². The lowest BCUT2D eigenvalue weighted by Gasteiger charge is -2.43. The van der Waals surface area contributed by atoms with Crippen LogP contribution in [-0.2, 0) is 39.8 Å². The molecular formula is C31H32O13. The molecule has 1 aliphatic heterocycles. The number of rotatable bonds is 6. The highest BCUT2D eigenvalue weighted by Crippen LogP contribution is 2.52. The van der Waals surface area contributed by atoms with Gasteiger partial charge in [0, 0.05) is 49.8 Å². The summed E-state index contributed by atoms with van der Waals surface area (Å²) < 4.78 is 28.1. The summed E-state index contributed by atoms with van der Waals surface area (Å²) in [5.74, 6) is -4.75. The van der Waals surface area contributed by atoms with Crippen molar-refractivity contribution in [3.63, 3.8) is 0 Å². The fourth-order valence-electron chi connectivity index (χ4n) is 6.26. The number of phenols is 2. The molecule has 0 radical (unpaired) electrons. The van der Waals surface area contributed by atoms with Gasteiger partial charge in [0.1, 0.15) is 29.0 Å². The van der Waals surface area contributed by atoms with Crippen molar-refractivity contribution in [3.05, 3.63) is 51.6 Å². The third kappa shape index (κ3) is 5.10. The molecule has 2 aliphatic carbocycles. The maximum atomic E-state index is 13.8. The lowest BCUT2D eigenvalue weighted by Crippen LogP contribution is -2.52. The zero-order valence-corrected chi connectivity index (χ0v) is 24.7. The van der Waals surface area contributed by atoms with Crippen molar-refractivity contribution in [1.29, 1.82) is 0 Å². The van der Waals surface area contributed by atoms with Crippen molar-refractivity contribution in [3.8, 4) is 17.2 Å². The highest BCUT2D eigenvalue weighted by atomic mass is 16.7. The number of ketones is 3. The molecular weight excluding hydrogens is 580 g/mol. The second kappa shape index (κ2) is 11.3. The van der Waals surface area contributed by atoms with E-state index in [1.807, 2.05) is 0 Å². The van der Waals surface area contributed by atoms with Crippen LogP contribution >= 0.6 is 0 Å². The van der Waals surface area contributed by atoms with E-state index in [2.05, 4.69) is 0 Å². The maximum Gasteiger partial charge on any atom is 0.303 e. The van der Waals surface area contributed by atoms with Crippen molar-refractivity contribution in [2.45, 2.75) is 83.3 Å². The fourth-order valence-corrected chi connectivity index (χ4v) is 6.26. The molecule has 1 saturated heterocycles. The van der Waals surface area contributed by atoms with Gasteiger partial charge in [0.15, 0.2) is 24.0 Å². The SMILES string of the molecule is COc1cccc2c1C(=O)c1c(O)c3c(c(O)c1C2=O)C[C@@](O)(C(C)=O)C[C@@H]3OC1CC(OC(C)=O)C(OC(C)=O)C(C)O1. The van der Waals surface area contributed by atoms with E-state index < -0.39 is 101 Å². The standard InChI is InChI=1S/C31H32O13/c1-12-30(43-15(4)34)19(42-14(3)33)9-21(41-12)44-20-11-31(39,13(2)32)10-17-23(20)29(38)25-24(27(17)36)26(35)16-7-6-8-18(40-5)22(16)28(25)37/h6-8,12,19-21,30,36,38-39H,9-11H2,1-5H3/t12?,19?,20-,21?,30?,31-/m0/s1. The molecule has 2 aromatic rings. The number of carbonyl (C=O) groups excluding carboxylic acids is 5. The first kappa shape index (κ1) is 31.1. The number of carbonyl (C=O) groups is 5. The van der Waals surface area contributed by atoms with Crippen LogP contribution < -0.4 is 4.74 Å². The molecule has 1 fully saturated rings. The minimum absolute atomic E-state index is 0.0506. The average molecular weight is 613 g/mol. The van der Waals surface area contributed by atoms with Gasteiger partial charge in [0.25, 0.3) is 0 Å². The van der Waals surface area contributed by atoms with Crippen molar-refractivity contribution in [1.82, 2.24) is 0 Å². The van der Waals surface area contributed by atoms with Gasteiger partial charge >= 0.3 is 11.9 Å². The summed E-state index contributed by atoms with van der Waals surface area (Å²) >= 11 is 0. The van der Waals surface area contributed by atoms with E-state index in [1.165, 1.54) is 39.2 Å². The normalized spacial score (nSPS) is 27.5. The Labute approximate surface area is 251 Å². The number of esters is 2. The molecule has 1 heterocycles. The van der Waals surface area contributed by atoms with Crippen LogP contribution in [0, 0.1) is 0 Å². The zero-order chi connectivity index (χ0) is 32.2. The summed E-state index contributed by atoms with van der Waals surface area (Å²) in [6.07, 6.45) is -6.39. The van der Waals surface area contributed by atoms with E-state index in [0.717, 1.165) is 6.92 Å². The van der Waals surface area contributed by atoms with Crippen LogP contribution in [0.4, 0.5) is 0 Å². The van der Waals surface area contributed by atoms with E-state index in [9.17, 15) is 39.3 Å². The third-order valence-electron chi connectivity index (χ3n) is 8.29. The van der Waals surface area contributed by atoms with Crippen molar-refractivity contribution in [2.24, 2.45) is 0 Å². The second-order valence-corrected chi connectivity index (χ2v) is 11.2. The Morgan fingerprint density at radius 3 is 2.23 bits per heavy atom. The summed E-state index contributed by atoms with van der Waals surface area (Å²) in [6.45, 7) is 5.08. The van der Waals surface area contributed by atoms with Crippen LogP contribution in [0.1, 0.15) is 89.6 Å². The molecule has 6 atom stereocenters. The number of aliphatic hydroxyl groups is 1. The monoisotopic (exact) mass is 612 g/mol.